The van der Waals surface area contributed by atoms with Crippen LogP contribution in [0.15, 0.2) is 0 Å². The van der Waals surface area contributed by atoms with E-state index >= 15 is 0 Å². The molecule has 0 radical (unpaired) electrons. The molecular weight excluding hydrogens is 306 g/mol. The molecule has 0 aromatic rings. The molecule has 0 aliphatic heterocycles. The third kappa shape index (κ3) is 3.21. The molecule has 2 bridgehead atoms. The second kappa shape index (κ2) is 5.46. The van der Waals surface area contributed by atoms with E-state index in [1.807, 2.05) is 0 Å². The number of hydrogen-bond acceptors (Lipinski definition) is 4. The first-order valence-electron chi connectivity index (χ1n) is 7.12. The van der Waals surface area contributed by atoms with Crippen LogP contribution in [-0.2, 0) is 19.6 Å². The van der Waals surface area contributed by atoms with Gasteiger partial charge in [-0.1, -0.05) is 13.3 Å². The maximum Gasteiger partial charge on any atom is 0.465 e. The van der Waals surface area contributed by atoms with E-state index in [-0.39, 0.29) is 12.0 Å². The summed E-state index contributed by atoms with van der Waals surface area (Å²) in [6, 6.07) is 0. The molecule has 5 nitrogen and oxygen atoms in total. The van der Waals surface area contributed by atoms with Crippen LogP contribution in [0.25, 0.3) is 0 Å². The summed E-state index contributed by atoms with van der Waals surface area (Å²) in [6.07, 6.45) is 5.54. The van der Waals surface area contributed by atoms with Crippen molar-refractivity contribution in [1.29, 1.82) is 0 Å². The Bertz CT molecular complexity index is 519. The van der Waals surface area contributed by atoms with Gasteiger partial charge in [-0.15, -0.1) is 0 Å². The van der Waals surface area contributed by atoms with Gasteiger partial charge in [0.25, 0.3) is 0 Å². The van der Waals surface area contributed by atoms with Crippen LogP contribution < -0.4 is 0 Å². The first-order chi connectivity index (χ1) is 9.60. The first-order valence-corrected chi connectivity index (χ1v) is 8.56. The van der Waals surface area contributed by atoms with Crippen LogP contribution >= 0.6 is 0 Å². The SMILES string of the molecule is CCC1CC2CCC(COC(=O)C(F)(F)S(=O)(=O)O)(C1)C2. The summed E-state index contributed by atoms with van der Waals surface area (Å²) in [7, 11) is -5.79. The monoisotopic (exact) mass is 326 g/mol. The minimum absolute atomic E-state index is 0.204. The highest BCUT2D eigenvalue weighted by Gasteiger charge is 2.55. The lowest BCUT2D eigenvalue weighted by atomic mass is 9.70. The van der Waals surface area contributed by atoms with E-state index in [0.717, 1.165) is 38.5 Å². The summed E-state index contributed by atoms with van der Waals surface area (Å²) in [6.45, 7) is 1.87. The average molecular weight is 326 g/mol. The molecular formula is C13H20F2O5S. The fourth-order valence-corrected chi connectivity index (χ4v) is 4.06. The van der Waals surface area contributed by atoms with Gasteiger partial charge >= 0.3 is 21.3 Å². The zero-order valence-corrected chi connectivity index (χ0v) is 12.7. The predicted octanol–water partition coefficient (Wildman–Crippen LogP) is 2.62. The molecule has 2 aliphatic carbocycles. The Morgan fingerprint density at radius 3 is 2.67 bits per heavy atom. The molecule has 2 fully saturated rings. The smallest absolute Gasteiger partial charge is 0.460 e. The molecule has 21 heavy (non-hydrogen) atoms. The van der Waals surface area contributed by atoms with Gasteiger partial charge < -0.3 is 4.74 Å². The number of alkyl halides is 2. The summed E-state index contributed by atoms with van der Waals surface area (Å²) >= 11 is 0. The Balaban J connectivity index is 2.01. The minimum Gasteiger partial charge on any atom is -0.460 e. The second-order valence-corrected chi connectivity index (χ2v) is 7.85. The van der Waals surface area contributed by atoms with Gasteiger partial charge in [0.2, 0.25) is 0 Å². The zero-order chi connectivity index (χ0) is 15.9. The number of rotatable bonds is 5. The lowest BCUT2D eigenvalue weighted by Crippen LogP contribution is -2.41. The highest BCUT2D eigenvalue weighted by molar-refractivity contribution is 7.87. The number of halogens is 2. The van der Waals surface area contributed by atoms with Crippen molar-refractivity contribution in [3.63, 3.8) is 0 Å². The van der Waals surface area contributed by atoms with Crippen molar-refractivity contribution >= 4 is 16.1 Å². The quantitative estimate of drug-likeness (QED) is 0.620. The minimum atomic E-state index is -5.79. The van der Waals surface area contributed by atoms with Crippen LogP contribution in [0, 0.1) is 17.3 Å². The second-order valence-electron chi connectivity index (χ2n) is 6.39. The molecule has 2 saturated carbocycles. The van der Waals surface area contributed by atoms with Gasteiger partial charge in [-0.2, -0.15) is 17.2 Å². The number of esters is 1. The highest BCUT2D eigenvalue weighted by Crippen LogP contribution is 2.54. The third-order valence-electron chi connectivity index (χ3n) is 4.84. The maximum atomic E-state index is 13.1. The van der Waals surface area contributed by atoms with E-state index in [9.17, 15) is 22.0 Å². The molecule has 3 unspecified atom stereocenters. The van der Waals surface area contributed by atoms with E-state index in [0.29, 0.717) is 11.8 Å². The van der Waals surface area contributed by atoms with E-state index in [4.69, 9.17) is 4.55 Å². The predicted molar refractivity (Wildman–Crippen MR) is 70.2 cm³/mol. The van der Waals surface area contributed by atoms with E-state index < -0.39 is 21.3 Å². The number of fused-ring (bicyclic) bond motifs is 2. The fourth-order valence-electron chi connectivity index (χ4n) is 3.79. The van der Waals surface area contributed by atoms with Gasteiger partial charge in [-0.3, -0.25) is 4.55 Å². The van der Waals surface area contributed by atoms with Crippen LogP contribution in [0.4, 0.5) is 8.78 Å². The molecule has 0 aromatic heterocycles. The molecule has 0 spiro atoms. The van der Waals surface area contributed by atoms with Crippen molar-refractivity contribution in [2.45, 2.75) is 50.7 Å². The van der Waals surface area contributed by atoms with Gasteiger partial charge in [0.05, 0.1) is 6.61 Å². The molecule has 3 atom stereocenters. The summed E-state index contributed by atoms with van der Waals surface area (Å²) in [5.41, 5.74) is -0.311. The summed E-state index contributed by atoms with van der Waals surface area (Å²) in [5.74, 6) is -1.17. The van der Waals surface area contributed by atoms with Gasteiger partial charge in [0.15, 0.2) is 0 Å². The van der Waals surface area contributed by atoms with Gasteiger partial charge in [0, 0.05) is 5.41 Å². The van der Waals surface area contributed by atoms with Gasteiger partial charge in [0.1, 0.15) is 0 Å². The molecule has 8 heteroatoms. The molecule has 0 saturated heterocycles. The molecule has 0 amide bonds. The van der Waals surface area contributed by atoms with Crippen molar-refractivity contribution in [1.82, 2.24) is 0 Å². The number of hydrogen-bond donors (Lipinski definition) is 1. The lowest BCUT2D eigenvalue weighted by Gasteiger charge is -2.37. The number of carbonyl (C=O) groups excluding carboxylic acids is 1. The highest BCUT2D eigenvalue weighted by atomic mass is 32.2. The Kier molecular flexibility index (Phi) is 4.32. The van der Waals surface area contributed by atoms with Crippen LogP contribution in [0.3, 0.4) is 0 Å². The lowest BCUT2D eigenvalue weighted by molar-refractivity contribution is -0.166. The van der Waals surface area contributed by atoms with E-state index in [1.54, 1.807) is 0 Å². The van der Waals surface area contributed by atoms with Crippen LogP contribution in [-0.4, -0.2) is 30.8 Å². The van der Waals surface area contributed by atoms with E-state index in [2.05, 4.69) is 11.7 Å². The van der Waals surface area contributed by atoms with Crippen molar-refractivity contribution in [3.05, 3.63) is 0 Å². The van der Waals surface area contributed by atoms with Crippen molar-refractivity contribution < 1.29 is 31.3 Å². The van der Waals surface area contributed by atoms with Crippen LogP contribution in [0.1, 0.15) is 45.4 Å². The summed E-state index contributed by atoms with van der Waals surface area (Å²) in [4.78, 5) is 11.3. The topological polar surface area (TPSA) is 80.7 Å². The zero-order valence-electron chi connectivity index (χ0n) is 11.8. The first kappa shape index (κ1) is 16.6. The Morgan fingerprint density at radius 2 is 2.10 bits per heavy atom. The van der Waals surface area contributed by atoms with E-state index in [1.165, 1.54) is 0 Å². The van der Waals surface area contributed by atoms with Crippen molar-refractivity contribution in [2.75, 3.05) is 6.61 Å². The summed E-state index contributed by atoms with van der Waals surface area (Å²) < 4.78 is 60.3. The molecule has 0 aromatic carbocycles. The Labute approximate surface area is 122 Å². The Morgan fingerprint density at radius 1 is 1.43 bits per heavy atom. The molecule has 0 heterocycles. The maximum absolute atomic E-state index is 13.1. The number of carbonyl (C=O) groups is 1. The fraction of sp³-hybridized carbons (Fsp3) is 0.923. The number of ether oxygens (including phenoxy) is 1. The normalized spacial score (nSPS) is 33.0. The summed E-state index contributed by atoms with van der Waals surface area (Å²) in [5, 5.41) is -4.90. The van der Waals surface area contributed by atoms with Gasteiger partial charge in [-0.05, 0) is 43.9 Å². The molecule has 122 valence electrons. The molecule has 1 N–H and O–H groups in total. The van der Waals surface area contributed by atoms with Crippen LogP contribution in [0.2, 0.25) is 0 Å². The molecule has 2 rings (SSSR count). The Hall–Kier alpha value is -0.760. The average Bonchev–Trinajstić information content (AvgIpc) is 2.70. The third-order valence-corrected chi connectivity index (χ3v) is 5.66. The van der Waals surface area contributed by atoms with Crippen molar-refractivity contribution in [2.24, 2.45) is 17.3 Å². The van der Waals surface area contributed by atoms with Crippen molar-refractivity contribution in [3.8, 4) is 0 Å². The van der Waals surface area contributed by atoms with Crippen LogP contribution in [0.5, 0.6) is 0 Å². The standard InChI is InChI=1S/C13H20F2O5S/c1-2-9-5-10-3-4-12(6-9,7-10)8-20-11(16)13(14,15)21(17,18)19/h9-10H,2-8H2,1H3,(H,17,18,19). The largest absolute Gasteiger partial charge is 0.465 e. The molecule has 2 aliphatic rings. The van der Waals surface area contributed by atoms with Gasteiger partial charge in [-0.25, -0.2) is 4.79 Å².